The van der Waals surface area contributed by atoms with Gasteiger partial charge in [0.25, 0.3) is 0 Å². The van der Waals surface area contributed by atoms with Crippen LogP contribution in [-0.4, -0.2) is 35.3 Å². The molecule has 0 bridgehead atoms. The van der Waals surface area contributed by atoms with E-state index in [0.717, 1.165) is 21.4 Å². The van der Waals surface area contributed by atoms with Crippen LogP contribution >= 0.6 is 24.0 Å². The maximum Gasteiger partial charge on any atom is 0.170 e. The first-order valence-electron chi connectivity index (χ1n) is 9.47. The lowest BCUT2D eigenvalue weighted by Crippen LogP contribution is -2.32. The Labute approximate surface area is 180 Å². The van der Waals surface area contributed by atoms with Crippen molar-refractivity contribution in [2.75, 3.05) is 20.3 Å². The third kappa shape index (κ3) is 4.47. The van der Waals surface area contributed by atoms with E-state index in [1.54, 1.807) is 25.1 Å². The number of hydrogen-bond donors (Lipinski definition) is 1. The summed E-state index contributed by atoms with van der Waals surface area (Å²) in [5.41, 5.74) is 2.18. The normalized spacial score (nSPS) is 18.8. The van der Waals surface area contributed by atoms with Crippen LogP contribution in [0.2, 0.25) is 0 Å². The number of ether oxygens (including phenoxy) is 1. The quantitative estimate of drug-likeness (QED) is 0.548. The molecule has 1 aromatic carbocycles. The fraction of sp³-hybridized carbons (Fsp3) is 0.273. The summed E-state index contributed by atoms with van der Waals surface area (Å²) in [5.74, 6) is 0.860. The summed E-state index contributed by atoms with van der Waals surface area (Å²) in [6.45, 7) is 3.35. The average Bonchev–Trinajstić information content (AvgIpc) is 3.32. The molecule has 0 aliphatic carbocycles. The number of nitrogens with zero attached hydrogens (tertiary/aromatic N) is 2. The Morgan fingerprint density at radius 1 is 1.17 bits per heavy atom. The van der Waals surface area contributed by atoms with Crippen LogP contribution in [0, 0.1) is 6.92 Å². The molecule has 0 spiro atoms. The summed E-state index contributed by atoms with van der Waals surface area (Å²) >= 11 is 7.23. The molecule has 1 aliphatic rings. The fourth-order valence-corrected chi connectivity index (χ4v) is 4.53. The van der Waals surface area contributed by atoms with Crippen molar-refractivity contribution >= 4 is 29.1 Å². The Kier molecular flexibility index (Phi) is 6.18. The summed E-state index contributed by atoms with van der Waals surface area (Å²) in [6.07, 6.45) is 1.80. The molecule has 1 aliphatic heterocycles. The van der Waals surface area contributed by atoms with Crippen LogP contribution in [0.25, 0.3) is 0 Å². The van der Waals surface area contributed by atoms with Gasteiger partial charge in [-0.3, -0.25) is 4.98 Å². The molecular formula is C22H23N3O2S2. The Morgan fingerprint density at radius 3 is 2.72 bits per heavy atom. The van der Waals surface area contributed by atoms with Crippen LogP contribution in [0.5, 0.6) is 0 Å². The highest BCUT2D eigenvalue weighted by Gasteiger charge is 2.41. The summed E-state index contributed by atoms with van der Waals surface area (Å²) < 4.78 is 11.6. The number of pyridine rings is 1. The number of aryl methyl sites for hydroxylation is 1. The second-order valence-corrected chi connectivity index (χ2v) is 8.35. The van der Waals surface area contributed by atoms with Gasteiger partial charge in [0.1, 0.15) is 11.8 Å². The number of hydrogen-bond acceptors (Lipinski definition) is 5. The first kappa shape index (κ1) is 19.9. The molecule has 4 rings (SSSR count). The molecule has 0 radical (unpaired) electrons. The number of aromatic nitrogens is 1. The molecule has 1 N–H and O–H groups in total. The van der Waals surface area contributed by atoms with Crippen molar-refractivity contribution in [2.45, 2.75) is 29.0 Å². The van der Waals surface area contributed by atoms with Crippen molar-refractivity contribution in [3.8, 4) is 0 Å². The number of thiocarbonyl (C=S) groups is 1. The minimum absolute atomic E-state index is 0.0797. The highest BCUT2D eigenvalue weighted by atomic mass is 32.2. The average molecular weight is 426 g/mol. The van der Waals surface area contributed by atoms with E-state index in [9.17, 15) is 0 Å². The highest BCUT2D eigenvalue weighted by molar-refractivity contribution is 7.99. The van der Waals surface area contributed by atoms with Gasteiger partial charge < -0.3 is 19.4 Å². The van der Waals surface area contributed by atoms with Gasteiger partial charge in [-0.05, 0) is 55.5 Å². The lowest BCUT2D eigenvalue weighted by atomic mass is 10.0. The maximum atomic E-state index is 6.27. The monoisotopic (exact) mass is 425 g/mol. The van der Waals surface area contributed by atoms with E-state index in [2.05, 4.69) is 46.4 Å². The van der Waals surface area contributed by atoms with Crippen LogP contribution < -0.4 is 5.32 Å². The molecule has 2 atom stereocenters. The lowest BCUT2D eigenvalue weighted by molar-refractivity contribution is 0.156. The third-order valence-corrected chi connectivity index (χ3v) is 6.15. The second kappa shape index (κ2) is 8.98. The molecule has 7 heteroatoms. The van der Waals surface area contributed by atoms with E-state index in [0.29, 0.717) is 18.3 Å². The SMILES string of the molecule is COCCN1C(=S)N[C@H](c2ccccn2)[C@H]1c1ccc(Sc2ccc(C)cc2)o1. The summed E-state index contributed by atoms with van der Waals surface area (Å²) in [5, 5.41) is 4.96. The largest absolute Gasteiger partial charge is 0.452 e. The summed E-state index contributed by atoms with van der Waals surface area (Å²) in [4.78, 5) is 7.81. The smallest absolute Gasteiger partial charge is 0.170 e. The van der Waals surface area contributed by atoms with E-state index >= 15 is 0 Å². The number of methoxy groups -OCH3 is 1. The summed E-state index contributed by atoms with van der Waals surface area (Å²) in [6, 6.07) is 18.2. The van der Waals surface area contributed by atoms with Crippen molar-refractivity contribution < 1.29 is 9.15 Å². The molecule has 0 amide bonds. The molecule has 0 unspecified atom stereocenters. The third-order valence-electron chi connectivity index (χ3n) is 4.87. The number of furan rings is 1. The molecule has 5 nitrogen and oxygen atoms in total. The molecule has 2 aromatic heterocycles. The van der Waals surface area contributed by atoms with Gasteiger partial charge in [-0.25, -0.2) is 0 Å². The number of benzene rings is 1. The zero-order chi connectivity index (χ0) is 20.2. The van der Waals surface area contributed by atoms with Crippen LogP contribution in [-0.2, 0) is 4.74 Å². The Hall–Kier alpha value is -2.35. The van der Waals surface area contributed by atoms with E-state index in [4.69, 9.17) is 21.4 Å². The van der Waals surface area contributed by atoms with E-state index < -0.39 is 0 Å². The number of rotatable bonds is 7. The Morgan fingerprint density at radius 2 is 2.00 bits per heavy atom. The van der Waals surface area contributed by atoms with Gasteiger partial charge in [0.2, 0.25) is 0 Å². The van der Waals surface area contributed by atoms with E-state index in [1.165, 1.54) is 5.56 Å². The molecule has 29 heavy (non-hydrogen) atoms. The highest BCUT2D eigenvalue weighted by Crippen LogP contribution is 2.41. The van der Waals surface area contributed by atoms with Crippen LogP contribution in [0.1, 0.15) is 29.1 Å². The Bertz CT molecular complexity index is 960. The molecular weight excluding hydrogens is 402 g/mol. The topological polar surface area (TPSA) is 50.5 Å². The van der Waals surface area contributed by atoms with Crippen LogP contribution in [0.15, 0.2) is 75.2 Å². The van der Waals surface area contributed by atoms with Crippen LogP contribution in [0.3, 0.4) is 0 Å². The molecule has 150 valence electrons. The van der Waals surface area contributed by atoms with Gasteiger partial charge in [0, 0.05) is 24.7 Å². The first-order valence-corrected chi connectivity index (χ1v) is 10.7. The van der Waals surface area contributed by atoms with Gasteiger partial charge >= 0.3 is 0 Å². The van der Waals surface area contributed by atoms with E-state index in [1.807, 2.05) is 30.3 Å². The predicted octanol–water partition coefficient (Wildman–Crippen LogP) is 4.75. The van der Waals surface area contributed by atoms with E-state index in [-0.39, 0.29) is 12.1 Å². The molecule has 3 heterocycles. The van der Waals surface area contributed by atoms with Gasteiger partial charge in [0.15, 0.2) is 10.2 Å². The second-order valence-electron chi connectivity index (χ2n) is 6.88. The van der Waals surface area contributed by atoms with Gasteiger partial charge in [-0.1, -0.05) is 35.5 Å². The number of nitrogens with one attached hydrogen (secondary N) is 1. The molecule has 0 saturated carbocycles. The van der Waals surface area contributed by atoms with Crippen molar-refractivity contribution in [1.29, 1.82) is 0 Å². The van der Waals surface area contributed by atoms with Gasteiger partial charge in [-0.15, -0.1) is 0 Å². The van der Waals surface area contributed by atoms with Crippen molar-refractivity contribution in [3.05, 3.63) is 77.8 Å². The standard InChI is InChI=1S/C22H23N3O2S2/c1-15-6-8-16(9-7-15)29-19-11-10-18(27-19)21-20(17-5-3-4-12-23-17)24-22(28)25(21)13-14-26-2/h3-12,20-21H,13-14H2,1-2H3,(H,24,28)/t20-,21-/m1/s1. The zero-order valence-corrected chi connectivity index (χ0v) is 18.0. The lowest BCUT2D eigenvalue weighted by Gasteiger charge is -2.25. The van der Waals surface area contributed by atoms with Gasteiger partial charge in [0.05, 0.1) is 18.3 Å². The predicted molar refractivity (Wildman–Crippen MR) is 118 cm³/mol. The molecule has 3 aromatic rings. The van der Waals surface area contributed by atoms with Crippen molar-refractivity contribution in [1.82, 2.24) is 15.2 Å². The van der Waals surface area contributed by atoms with Crippen molar-refractivity contribution in [3.63, 3.8) is 0 Å². The maximum absolute atomic E-state index is 6.27. The minimum Gasteiger partial charge on any atom is -0.452 e. The first-order chi connectivity index (χ1) is 14.2. The van der Waals surface area contributed by atoms with Crippen LogP contribution in [0.4, 0.5) is 0 Å². The molecule has 1 fully saturated rings. The van der Waals surface area contributed by atoms with Gasteiger partial charge in [-0.2, -0.15) is 0 Å². The van der Waals surface area contributed by atoms with Crippen molar-refractivity contribution in [2.24, 2.45) is 0 Å². The zero-order valence-electron chi connectivity index (χ0n) is 16.4. The summed E-state index contributed by atoms with van der Waals surface area (Å²) in [7, 11) is 1.70. The minimum atomic E-state index is -0.0834. The Balaban J connectivity index is 1.62. The fourth-order valence-electron chi connectivity index (χ4n) is 3.42. The molecule has 1 saturated heterocycles.